The summed E-state index contributed by atoms with van der Waals surface area (Å²) >= 11 is 0. The third-order valence-corrected chi connectivity index (χ3v) is 0.885. The van der Waals surface area contributed by atoms with Gasteiger partial charge in [-0.25, -0.2) is 0 Å². The van der Waals surface area contributed by atoms with Gasteiger partial charge < -0.3 is 17.5 Å². The van der Waals surface area contributed by atoms with E-state index in [-0.39, 0.29) is 45.9 Å². The number of hydrogen-bond donors (Lipinski definition) is 1. The Morgan fingerprint density at radius 1 is 1.60 bits per heavy atom. The SMILES string of the molecule is CC(=O)C(C)N[C-]=O.[CH3-].[Y]. The number of hydrogen-bond acceptors (Lipinski definition) is 2. The van der Waals surface area contributed by atoms with E-state index in [0.717, 1.165) is 0 Å². The van der Waals surface area contributed by atoms with Gasteiger partial charge in [0.1, 0.15) is 5.78 Å². The molecule has 0 fully saturated rings. The van der Waals surface area contributed by atoms with Crippen molar-refractivity contribution in [2.75, 3.05) is 0 Å². The van der Waals surface area contributed by atoms with Crippen LogP contribution in [0.2, 0.25) is 0 Å². The van der Waals surface area contributed by atoms with Crippen LogP contribution >= 0.6 is 0 Å². The summed E-state index contributed by atoms with van der Waals surface area (Å²) < 4.78 is 0. The van der Waals surface area contributed by atoms with Crippen molar-refractivity contribution in [3.63, 3.8) is 0 Å². The van der Waals surface area contributed by atoms with Crippen molar-refractivity contribution in [2.24, 2.45) is 0 Å². The molecule has 1 N–H and O–H groups in total. The van der Waals surface area contributed by atoms with Crippen molar-refractivity contribution >= 4 is 12.2 Å². The van der Waals surface area contributed by atoms with Crippen molar-refractivity contribution in [3.05, 3.63) is 7.43 Å². The van der Waals surface area contributed by atoms with Gasteiger partial charge in [0.2, 0.25) is 0 Å². The number of Topliss-reactive ketones (excluding diaryl/α,β-unsaturated/α-hetero) is 1. The zero-order valence-corrected chi connectivity index (χ0v) is 9.31. The van der Waals surface area contributed by atoms with E-state index in [1.807, 2.05) is 0 Å². The van der Waals surface area contributed by atoms with Crippen molar-refractivity contribution < 1.29 is 42.3 Å². The molecule has 0 aromatic carbocycles. The van der Waals surface area contributed by atoms with Crippen molar-refractivity contribution in [1.29, 1.82) is 0 Å². The maximum atomic E-state index is 10.3. The van der Waals surface area contributed by atoms with Gasteiger partial charge in [-0.05, 0) is 13.8 Å². The fourth-order valence-corrected chi connectivity index (χ4v) is 0.190. The summed E-state index contributed by atoms with van der Waals surface area (Å²) in [5.41, 5.74) is 0. The normalized spacial score (nSPS) is 9.80. The molecule has 10 heavy (non-hydrogen) atoms. The summed E-state index contributed by atoms with van der Waals surface area (Å²) in [5, 5.41) is 2.19. The van der Waals surface area contributed by atoms with Crippen molar-refractivity contribution in [3.8, 4) is 0 Å². The second-order valence-corrected chi connectivity index (χ2v) is 1.58. The average molecular weight is 218 g/mol. The minimum atomic E-state index is -0.396. The Labute approximate surface area is 86.8 Å². The molecule has 57 valence electrons. The van der Waals surface area contributed by atoms with Crippen LogP contribution in [0.25, 0.3) is 0 Å². The predicted molar refractivity (Wildman–Crippen MR) is 35.4 cm³/mol. The molecule has 0 aliphatic carbocycles. The molecule has 0 aliphatic rings. The van der Waals surface area contributed by atoms with Crippen LogP contribution in [0.3, 0.4) is 0 Å². The summed E-state index contributed by atoms with van der Waals surface area (Å²) in [6.45, 7) is 3.02. The van der Waals surface area contributed by atoms with Crippen LogP contribution in [-0.2, 0) is 42.3 Å². The van der Waals surface area contributed by atoms with Gasteiger partial charge >= 0.3 is 0 Å². The molecule has 1 unspecified atom stereocenters. The molecule has 0 heterocycles. The summed E-state index contributed by atoms with van der Waals surface area (Å²) in [5.74, 6) is -0.0617. The zero-order valence-electron chi connectivity index (χ0n) is 6.47. The molecule has 0 rings (SSSR count). The molecular formula is C6H11NO2Y-2. The van der Waals surface area contributed by atoms with Crippen LogP contribution in [0, 0.1) is 7.43 Å². The van der Waals surface area contributed by atoms with E-state index in [2.05, 4.69) is 5.32 Å². The molecule has 0 aromatic heterocycles. The Hall–Kier alpha value is 0.244. The summed E-state index contributed by atoms with van der Waals surface area (Å²) in [7, 11) is 0. The molecule has 1 atom stereocenters. The Kier molecular flexibility index (Phi) is 15.4. The molecule has 4 heteroatoms. The van der Waals surface area contributed by atoms with Crippen LogP contribution in [0.5, 0.6) is 0 Å². The van der Waals surface area contributed by atoms with Crippen LogP contribution in [0.4, 0.5) is 0 Å². The molecule has 0 saturated carbocycles. The Bertz CT molecular complexity index is 106. The number of amides is 1. The van der Waals surface area contributed by atoms with Gasteiger partial charge in [0.05, 0.1) is 6.04 Å². The summed E-state index contributed by atoms with van der Waals surface area (Å²) in [4.78, 5) is 19.8. The second-order valence-electron chi connectivity index (χ2n) is 1.58. The second kappa shape index (κ2) is 9.24. The van der Waals surface area contributed by atoms with Crippen molar-refractivity contribution in [2.45, 2.75) is 19.9 Å². The van der Waals surface area contributed by atoms with Gasteiger partial charge in [-0.15, -0.1) is 0 Å². The fourth-order valence-electron chi connectivity index (χ4n) is 0.190. The number of rotatable bonds is 3. The van der Waals surface area contributed by atoms with Crippen LogP contribution in [0.1, 0.15) is 13.8 Å². The molecule has 0 aromatic rings. The first-order chi connectivity index (χ1) is 3.68. The predicted octanol–water partition coefficient (Wildman–Crippen LogP) is 0.0685. The van der Waals surface area contributed by atoms with Gasteiger partial charge in [-0.2, -0.15) is 6.41 Å². The molecular weight excluding hydrogens is 207 g/mol. The fraction of sp³-hybridized carbons (Fsp3) is 0.500. The van der Waals surface area contributed by atoms with Gasteiger partial charge in [0.15, 0.2) is 0 Å². The maximum absolute atomic E-state index is 10.3. The van der Waals surface area contributed by atoms with E-state index in [1.54, 1.807) is 6.92 Å². The molecule has 0 aliphatic heterocycles. The number of carbonyl (C=O) groups is 1. The quantitative estimate of drug-likeness (QED) is 0.538. The summed E-state index contributed by atoms with van der Waals surface area (Å²) in [6, 6.07) is -0.396. The number of ketones is 1. The van der Waals surface area contributed by atoms with Crippen LogP contribution < -0.4 is 5.32 Å². The smallest absolute Gasteiger partial charge is 0.149 e. The largest absolute Gasteiger partial charge is 0.522 e. The zero-order chi connectivity index (χ0) is 6.57. The Balaban J connectivity index is -0.000000245. The van der Waals surface area contributed by atoms with Crippen LogP contribution in [-0.4, -0.2) is 18.2 Å². The first-order valence-electron chi connectivity index (χ1n) is 2.31. The standard InChI is InChI=1S/C5H8NO2.CH3.Y/c1-4(5(2)8)6-3-7;;/h4H,1-2H3,(H,6,7);1H3;/q2*-1;. The van der Waals surface area contributed by atoms with E-state index < -0.39 is 6.04 Å². The van der Waals surface area contributed by atoms with E-state index in [1.165, 1.54) is 13.3 Å². The summed E-state index contributed by atoms with van der Waals surface area (Å²) in [6.07, 6.45) is 1.43. The molecule has 1 radical (unpaired) electrons. The van der Waals surface area contributed by atoms with Gasteiger partial charge in [-0.1, -0.05) is 0 Å². The topological polar surface area (TPSA) is 46.2 Å². The van der Waals surface area contributed by atoms with E-state index >= 15 is 0 Å². The third kappa shape index (κ3) is 8.24. The molecule has 0 saturated heterocycles. The van der Waals surface area contributed by atoms with E-state index in [4.69, 9.17) is 0 Å². The van der Waals surface area contributed by atoms with Gasteiger partial charge in [0.25, 0.3) is 0 Å². The molecule has 0 spiro atoms. The van der Waals surface area contributed by atoms with Gasteiger partial charge in [0, 0.05) is 32.7 Å². The van der Waals surface area contributed by atoms with E-state index in [9.17, 15) is 9.59 Å². The maximum Gasteiger partial charge on any atom is 0.149 e. The third-order valence-electron chi connectivity index (χ3n) is 0.885. The first-order valence-corrected chi connectivity index (χ1v) is 2.31. The van der Waals surface area contributed by atoms with Gasteiger partial charge in [-0.3, -0.25) is 4.79 Å². The monoisotopic (exact) mass is 218 g/mol. The minimum absolute atomic E-state index is 0. The molecule has 0 bridgehead atoms. The van der Waals surface area contributed by atoms with Crippen LogP contribution in [0.15, 0.2) is 0 Å². The minimum Gasteiger partial charge on any atom is -0.522 e. The first kappa shape index (κ1) is 16.7. The Morgan fingerprint density at radius 3 is 2.10 bits per heavy atom. The Morgan fingerprint density at radius 2 is 2.00 bits per heavy atom. The number of nitrogens with one attached hydrogen (secondary N) is 1. The average Bonchev–Trinajstić information content (AvgIpc) is 1.67. The number of carbonyl (C=O) groups excluding carboxylic acids is 2. The van der Waals surface area contributed by atoms with Crippen molar-refractivity contribution in [1.82, 2.24) is 5.32 Å². The molecule has 1 amide bonds. The van der Waals surface area contributed by atoms with E-state index in [0.29, 0.717) is 0 Å². The molecule has 3 nitrogen and oxygen atoms in total.